The van der Waals surface area contributed by atoms with Crippen LogP contribution in [0.1, 0.15) is 48.1 Å². The van der Waals surface area contributed by atoms with E-state index < -0.39 is 5.41 Å². The Hall–Kier alpha value is -2.31. The van der Waals surface area contributed by atoms with Crippen molar-refractivity contribution in [1.82, 2.24) is 15.1 Å². The molecule has 7 heteroatoms. The smallest absolute Gasteiger partial charge is 0.289 e. The summed E-state index contributed by atoms with van der Waals surface area (Å²) in [7, 11) is 0. The average Bonchev–Trinajstić information content (AvgIpc) is 3.32. The van der Waals surface area contributed by atoms with Gasteiger partial charge in [0.2, 0.25) is 11.8 Å². The second kappa shape index (κ2) is 6.39. The van der Waals surface area contributed by atoms with Gasteiger partial charge in [0, 0.05) is 26.2 Å². The number of nitrogens with zero attached hydrogens (tertiary/aromatic N) is 2. The first-order valence-corrected chi connectivity index (χ1v) is 9.77. The SMILES string of the molecule is Cc1cc(C(=O)N2CCC[C@H]3CN(C(=O)C4(C)CCNC4=O)C[C@H]32)oc1C. The molecule has 3 saturated heterocycles. The van der Waals surface area contributed by atoms with E-state index in [-0.39, 0.29) is 29.7 Å². The molecule has 0 aliphatic carbocycles. The van der Waals surface area contributed by atoms with E-state index in [9.17, 15) is 14.4 Å². The minimum atomic E-state index is -0.975. The summed E-state index contributed by atoms with van der Waals surface area (Å²) in [5.74, 6) is 1.01. The molecule has 0 radical (unpaired) electrons. The van der Waals surface area contributed by atoms with Gasteiger partial charge in [-0.05, 0) is 57.6 Å². The summed E-state index contributed by atoms with van der Waals surface area (Å²) in [5, 5.41) is 2.77. The molecular formula is C20H27N3O4. The van der Waals surface area contributed by atoms with Crippen molar-refractivity contribution in [2.24, 2.45) is 11.3 Å². The fourth-order valence-corrected chi connectivity index (χ4v) is 4.71. The molecule has 1 N–H and O–H groups in total. The summed E-state index contributed by atoms with van der Waals surface area (Å²) < 4.78 is 5.64. The number of fused-ring (bicyclic) bond motifs is 1. The fourth-order valence-electron chi connectivity index (χ4n) is 4.71. The lowest BCUT2D eigenvalue weighted by Gasteiger charge is -2.36. The van der Waals surface area contributed by atoms with Gasteiger partial charge >= 0.3 is 0 Å². The zero-order valence-corrected chi connectivity index (χ0v) is 16.2. The van der Waals surface area contributed by atoms with Gasteiger partial charge in [-0.15, -0.1) is 0 Å². The molecule has 0 spiro atoms. The van der Waals surface area contributed by atoms with Crippen LogP contribution in [0.4, 0.5) is 0 Å². The van der Waals surface area contributed by atoms with Crippen LogP contribution in [0.5, 0.6) is 0 Å². The predicted molar refractivity (Wildman–Crippen MR) is 98.0 cm³/mol. The van der Waals surface area contributed by atoms with E-state index in [0.717, 1.165) is 24.2 Å². The molecule has 0 aromatic carbocycles. The number of aryl methyl sites for hydroxylation is 2. The minimum Gasteiger partial charge on any atom is -0.456 e. The van der Waals surface area contributed by atoms with Crippen LogP contribution in [0.25, 0.3) is 0 Å². The quantitative estimate of drug-likeness (QED) is 0.796. The van der Waals surface area contributed by atoms with Crippen LogP contribution in [0.2, 0.25) is 0 Å². The lowest BCUT2D eigenvalue weighted by molar-refractivity contribution is -0.146. The molecule has 4 heterocycles. The summed E-state index contributed by atoms with van der Waals surface area (Å²) in [6, 6.07) is 1.79. The molecule has 3 aliphatic heterocycles. The van der Waals surface area contributed by atoms with Crippen LogP contribution < -0.4 is 5.32 Å². The Labute approximate surface area is 159 Å². The lowest BCUT2D eigenvalue weighted by Crippen LogP contribution is -2.49. The van der Waals surface area contributed by atoms with E-state index in [1.54, 1.807) is 17.9 Å². The highest BCUT2D eigenvalue weighted by Crippen LogP contribution is 2.36. The number of carbonyl (C=O) groups is 3. The van der Waals surface area contributed by atoms with Crippen molar-refractivity contribution in [3.05, 3.63) is 23.2 Å². The summed E-state index contributed by atoms with van der Waals surface area (Å²) >= 11 is 0. The maximum Gasteiger partial charge on any atom is 0.289 e. The number of piperidine rings is 1. The summed E-state index contributed by atoms with van der Waals surface area (Å²) in [5.41, 5.74) is -0.00676. The van der Waals surface area contributed by atoms with Crippen LogP contribution in [0.15, 0.2) is 10.5 Å². The molecule has 1 aromatic rings. The maximum atomic E-state index is 13.1. The number of likely N-dealkylation sites (tertiary alicyclic amines) is 2. The van der Waals surface area contributed by atoms with E-state index in [0.29, 0.717) is 38.4 Å². The summed E-state index contributed by atoms with van der Waals surface area (Å²) in [6.07, 6.45) is 2.45. The third-order valence-corrected chi connectivity index (χ3v) is 6.59. The van der Waals surface area contributed by atoms with E-state index in [2.05, 4.69) is 5.32 Å². The third-order valence-electron chi connectivity index (χ3n) is 6.59. The highest BCUT2D eigenvalue weighted by atomic mass is 16.4. The minimum absolute atomic E-state index is 0.00558. The van der Waals surface area contributed by atoms with Crippen molar-refractivity contribution in [3.63, 3.8) is 0 Å². The van der Waals surface area contributed by atoms with Crippen molar-refractivity contribution in [2.75, 3.05) is 26.2 Å². The average molecular weight is 373 g/mol. The summed E-state index contributed by atoms with van der Waals surface area (Å²) in [6.45, 7) is 7.86. The van der Waals surface area contributed by atoms with Gasteiger partial charge in [-0.25, -0.2) is 0 Å². The Morgan fingerprint density at radius 1 is 1.30 bits per heavy atom. The van der Waals surface area contributed by atoms with Crippen molar-refractivity contribution in [3.8, 4) is 0 Å². The van der Waals surface area contributed by atoms with Crippen LogP contribution >= 0.6 is 0 Å². The molecule has 4 rings (SSSR count). The Balaban J connectivity index is 1.53. The van der Waals surface area contributed by atoms with Gasteiger partial charge in [0.25, 0.3) is 5.91 Å². The predicted octanol–water partition coefficient (Wildman–Crippen LogP) is 1.49. The Bertz CT molecular complexity index is 782. The normalized spacial score (nSPS) is 30.4. The second-order valence-electron chi connectivity index (χ2n) is 8.37. The number of hydrogen-bond acceptors (Lipinski definition) is 4. The molecule has 1 unspecified atom stereocenters. The fraction of sp³-hybridized carbons (Fsp3) is 0.650. The van der Waals surface area contributed by atoms with Crippen LogP contribution in [-0.4, -0.2) is 59.7 Å². The van der Waals surface area contributed by atoms with E-state index in [1.807, 2.05) is 18.7 Å². The molecule has 3 amide bonds. The van der Waals surface area contributed by atoms with Crippen LogP contribution in [0, 0.1) is 25.2 Å². The number of amides is 3. The molecule has 146 valence electrons. The van der Waals surface area contributed by atoms with Gasteiger partial charge in [-0.3, -0.25) is 14.4 Å². The molecule has 1 aromatic heterocycles. The maximum absolute atomic E-state index is 13.1. The molecule has 0 saturated carbocycles. The number of rotatable bonds is 2. The molecule has 3 aliphatic rings. The van der Waals surface area contributed by atoms with E-state index >= 15 is 0 Å². The Morgan fingerprint density at radius 2 is 2.07 bits per heavy atom. The van der Waals surface area contributed by atoms with Gasteiger partial charge in [-0.2, -0.15) is 0 Å². The van der Waals surface area contributed by atoms with Crippen molar-refractivity contribution in [2.45, 2.75) is 46.1 Å². The zero-order valence-electron chi connectivity index (χ0n) is 16.2. The van der Waals surface area contributed by atoms with Crippen LogP contribution in [0.3, 0.4) is 0 Å². The highest BCUT2D eigenvalue weighted by molar-refractivity contribution is 6.06. The highest BCUT2D eigenvalue weighted by Gasteiger charge is 2.51. The molecule has 27 heavy (non-hydrogen) atoms. The van der Waals surface area contributed by atoms with Crippen molar-refractivity contribution < 1.29 is 18.8 Å². The van der Waals surface area contributed by atoms with Gasteiger partial charge in [0.15, 0.2) is 5.76 Å². The zero-order chi connectivity index (χ0) is 19.3. The summed E-state index contributed by atoms with van der Waals surface area (Å²) in [4.78, 5) is 41.9. The molecule has 3 atom stereocenters. The standard InChI is InChI=1S/C20H27N3O4/c1-12-9-16(27-13(12)2)17(24)23-8-4-5-14-10-22(11-15(14)23)19(26)20(3)6-7-21-18(20)25/h9,14-15H,4-8,10-11H2,1-3H3,(H,21,25)/t14-,15+,20?/m0/s1. The molecule has 0 bridgehead atoms. The Kier molecular flexibility index (Phi) is 4.28. The monoisotopic (exact) mass is 373 g/mol. The van der Waals surface area contributed by atoms with Crippen LogP contribution in [-0.2, 0) is 9.59 Å². The topological polar surface area (TPSA) is 82.9 Å². The lowest BCUT2D eigenvalue weighted by atomic mass is 9.87. The first-order valence-electron chi connectivity index (χ1n) is 9.77. The number of hydrogen-bond donors (Lipinski definition) is 1. The van der Waals surface area contributed by atoms with Crippen molar-refractivity contribution in [1.29, 1.82) is 0 Å². The molecule has 3 fully saturated rings. The Morgan fingerprint density at radius 3 is 2.70 bits per heavy atom. The molecular weight excluding hydrogens is 346 g/mol. The molecule has 7 nitrogen and oxygen atoms in total. The third kappa shape index (κ3) is 2.84. The van der Waals surface area contributed by atoms with E-state index in [1.165, 1.54) is 0 Å². The van der Waals surface area contributed by atoms with E-state index in [4.69, 9.17) is 4.42 Å². The largest absolute Gasteiger partial charge is 0.456 e. The number of carbonyl (C=O) groups excluding carboxylic acids is 3. The van der Waals surface area contributed by atoms with Gasteiger partial charge in [0.1, 0.15) is 11.2 Å². The van der Waals surface area contributed by atoms with Gasteiger partial charge in [0.05, 0.1) is 6.04 Å². The number of furan rings is 1. The second-order valence-corrected chi connectivity index (χ2v) is 8.37. The van der Waals surface area contributed by atoms with Gasteiger partial charge < -0.3 is 19.5 Å². The van der Waals surface area contributed by atoms with Crippen molar-refractivity contribution >= 4 is 17.7 Å². The first-order chi connectivity index (χ1) is 12.8. The number of nitrogens with one attached hydrogen (secondary N) is 1. The first kappa shape index (κ1) is 18.1. The van der Waals surface area contributed by atoms with Gasteiger partial charge in [-0.1, -0.05) is 0 Å².